The molecule has 4 saturated heterocycles. The number of likely N-dealkylation sites (tertiary alicyclic amines) is 2. The number of rotatable bonds is 10. The fourth-order valence-corrected chi connectivity index (χ4v) is 11.0. The molecule has 3 amide bonds. The van der Waals surface area contributed by atoms with Crippen LogP contribution in [0.1, 0.15) is 79.8 Å². The Bertz CT molecular complexity index is 2560. The number of nitrogens with one attached hydrogen (secondary N) is 2. The number of carbonyl (C=O) groups is 3. The smallest absolute Gasteiger partial charge is 0.244 e. The summed E-state index contributed by atoms with van der Waals surface area (Å²) in [7, 11) is 0. The van der Waals surface area contributed by atoms with Crippen molar-refractivity contribution in [1.29, 1.82) is 0 Å². The van der Waals surface area contributed by atoms with Crippen LogP contribution in [-0.2, 0) is 27.3 Å². The van der Waals surface area contributed by atoms with E-state index >= 15 is 4.39 Å². The number of fused-ring (bicyclic) bond motifs is 2. The summed E-state index contributed by atoms with van der Waals surface area (Å²) in [5, 5.41) is 12.1. The molecule has 340 valence electrons. The van der Waals surface area contributed by atoms with Crippen LogP contribution in [0.3, 0.4) is 0 Å². The van der Waals surface area contributed by atoms with Crippen LogP contribution < -0.4 is 15.5 Å². The maximum Gasteiger partial charge on any atom is 0.244 e. The molecule has 4 aromatic heterocycles. The van der Waals surface area contributed by atoms with E-state index in [0.717, 1.165) is 110 Å². The summed E-state index contributed by atoms with van der Waals surface area (Å²) in [4.78, 5) is 61.0. The first-order valence-corrected chi connectivity index (χ1v) is 23.7. The van der Waals surface area contributed by atoms with E-state index in [4.69, 9.17) is 10.1 Å². The van der Waals surface area contributed by atoms with E-state index in [1.165, 1.54) is 38.5 Å². The maximum absolute atomic E-state index is 15.2. The summed E-state index contributed by atoms with van der Waals surface area (Å²) in [6.45, 7) is 13.6. The number of halogens is 1. The molecule has 0 radical (unpaired) electrons. The van der Waals surface area contributed by atoms with E-state index in [1.807, 2.05) is 61.1 Å². The van der Waals surface area contributed by atoms with Crippen LogP contribution in [0.25, 0.3) is 21.9 Å². The first kappa shape index (κ1) is 43.1. The number of pyridine rings is 3. The standard InChI is InChI=1S/C50H60FN11O3/c1-32-21-33(2)52-28-43(32)42-22-37-24-45(53-27-38(37)23-44(42)51)55-46-25-40-13-20-61(49(64)31-62(40)57-46)39-11-16-59(17-12-39)29-34-7-14-58(15-8-34)30-35-9-18-60(19-10-35)47-5-3-36(26-54-47)41-4-6-48(63)56-50(41)65/h3,5,21-28,34-35,39,41H,4,6-20,29-31H2,1-2H3,(H,53,55,57)(H,56,63,65). The minimum Gasteiger partial charge on any atom is -0.357 e. The van der Waals surface area contributed by atoms with Crippen molar-refractivity contribution in [3.05, 3.63) is 89.4 Å². The minimum atomic E-state index is -0.307. The lowest BCUT2D eigenvalue weighted by Gasteiger charge is -2.41. The Labute approximate surface area is 380 Å². The molecule has 1 unspecified atom stereocenters. The first-order valence-electron chi connectivity index (χ1n) is 23.7. The quantitative estimate of drug-likeness (QED) is 0.151. The van der Waals surface area contributed by atoms with Gasteiger partial charge in [-0.1, -0.05) is 6.07 Å². The highest BCUT2D eigenvalue weighted by molar-refractivity contribution is 6.01. The Morgan fingerprint density at radius 3 is 2.15 bits per heavy atom. The van der Waals surface area contributed by atoms with Crippen LogP contribution in [0.15, 0.2) is 61.1 Å². The molecule has 0 bridgehead atoms. The molecule has 5 aliphatic heterocycles. The highest BCUT2D eigenvalue weighted by Gasteiger charge is 2.33. The number of hydrogen-bond acceptors (Lipinski definition) is 11. The van der Waals surface area contributed by atoms with Crippen molar-refractivity contribution >= 4 is 45.9 Å². The van der Waals surface area contributed by atoms with Crippen LogP contribution in [-0.4, -0.2) is 122 Å². The highest BCUT2D eigenvalue weighted by Crippen LogP contribution is 2.33. The SMILES string of the molecule is Cc1cc(C)c(-c2cc3cc(Nc4cc5n(n4)CC(=O)N(C4CCN(CC6CCN(CC7CCN(c8ccc(C9CCC(=O)NC9=O)cn8)CC7)CC6)CC4)CC5)ncc3cc2F)cn1. The Morgan fingerprint density at radius 2 is 1.45 bits per heavy atom. The third kappa shape index (κ3) is 9.62. The molecule has 14 nitrogen and oxygen atoms in total. The number of benzene rings is 1. The molecule has 15 heteroatoms. The van der Waals surface area contributed by atoms with Gasteiger partial charge in [-0.15, -0.1) is 0 Å². The third-order valence-corrected chi connectivity index (χ3v) is 14.8. The van der Waals surface area contributed by atoms with E-state index in [2.05, 4.69) is 40.2 Å². The lowest BCUT2D eigenvalue weighted by atomic mass is 9.91. The number of aryl methyl sites for hydroxylation is 2. The van der Waals surface area contributed by atoms with Gasteiger partial charge in [-0.2, -0.15) is 5.10 Å². The number of imide groups is 1. The molecule has 10 rings (SSSR count). The summed E-state index contributed by atoms with van der Waals surface area (Å²) >= 11 is 0. The molecule has 5 aromatic rings. The number of anilines is 3. The molecule has 1 atom stereocenters. The average molecular weight is 882 g/mol. The molecule has 2 N–H and O–H groups in total. The van der Waals surface area contributed by atoms with Gasteiger partial charge in [0.15, 0.2) is 5.82 Å². The second kappa shape index (κ2) is 18.6. The van der Waals surface area contributed by atoms with Gasteiger partial charge in [0.05, 0.1) is 5.92 Å². The van der Waals surface area contributed by atoms with Crippen LogP contribution in [0.5, 0.6) is 0 Å². The predicted molar refractivity (Wildman–Crippen MR) is 248 cm³/mol. The van der Waals surface area contributed by atoms with E-state index in [0.29, 0.717) is 47.9 Å². The van der Waals surface area contributed by atoms with Crippen molar-refractivity contribution in [3.63, 3.8) is 0 Å². The van der Waals surface area contributed by atoms with Crippen molar-refractivity contribution in [2.75, 3.05) is 69.1 Å². The number of nitrogens with zero attached hydrogens (tertiary/aromatic N) is 9. The van der Waals surface area contributed by atoms with E-state index in [9.17, 15) is 14.4 Å². The molecule has 9 heterocycles. The molecule has 65 heavy (non-hydrogen) atoms. The van der Waals surface area contributed by atoms with Crippen LogP contribution in [0.4, 0.5) is 21.8 Å². The molecule has 4 fully saturated rings. The fraction of sp³-hybridized carbons (Fsp3) is 0.500. The lowest BCUT2D eigenvalue weighted by Crippen LogP contribution is -2.49. The normalized spacial score (nSPS) is 21.2. The Kier molecular flexibility index (Phi) is 12.3. The summed E-state index contributed by atoms with van der Waals surface area (Å²) in [5.41, 5.74) is 5.05. The highest BCUT2D eigenvalue weighted by atomic mass is 19.1. The van der Waals surface area contributed by atoms with Crippen LogP contribution in [0, 0.1) is 31.5 Å². The molecular formula is C50H60FN11O3. The Morgan fingerprint density at radius 1 is 0.708 bits per heavy atom. The number of aromatic nitrogens is 5. The van der Waals surface area contributed by atoms with E-state index in [1.54, 1.807) is 12.4 Å². The zero-order chi connectivity index (χ0) is 44.6. The second-order valence-electron chi connectivity index (χ2n) is 19.2. The number of hydrogen-bond donors (Lipinski definition) is 2. The zero-order valence-electron chi connectivity index (χ0n) is 37.6. The van der Waals surface area contributed by atoms with Crippen molar-refractivity contribution in [1.82, 2.24) is 44.7 Å². The molecule has 1 aromatic carbocycles. The van der Waals surface area contributed by atoms with Crippen molar-refractivity contribution in [2.45, 2.75) is 90.1 Å². The molecule has 5 aliphatic rings. The number of piperidine rings is 4. The molecule has 0 saturated carbocycles. The summed E-state index contributed by atoms with van der Waals surface area (Å²) < 4.78 is 17.0. The van der Waals surface area contributed by atoms with Gasteiger partial charge in [-0.3, -0.25) is 29.4 Å². The maximum atomic E-state index is 15.2. The predicted octanol–water partition coefficient (Wildman–Crippen LogP) is 6.39. The van der Waals surface area contributed by atoms with Gasteiger partial charge in [0, 0.05) is 117 Å². The van der Waals surface area contributed by atoms with Crippen LogP contribution in [0.2, 0.25) is 0 Å². The van der Waals surface area contributed by atoms with Gasteiger partial charge in [0.25, 0.3) is 0 Å². The largest absolute Gasteiger partial charge is 0.357 e. The number of amides is 3. The second-order valence-corrected chi connectivity index (χ2v) is 19.2. The molecular weight excluding hydrogens is 822 g/mol. The topological polar surface area (TPSA) is 145 Å². The summed E-state index contributed by atoms with van der Waals surface area (Å²) in [6, 6.07) is 13.6. The van der Waals surface area contributed by atoms with E-state index in [-0.39, 0.29) is 42.0 Å². The summed E-state index contributed by atoms with van der Waals surface area (Å²) in [6.07, 6.45) is 13.7. The van der Waals surface area contributed by atoms with Gasteiger partial charge in [0.1, 0.15) is 24.0 Å². The van der Waals surface area contributed by atoms with Crippen LogP contribution >= 0.6 is 0 Å². The monoisotopic (exact) mass is 881 g/mol. The van der Waals surface area contributed by atoms with Gasteiger partial charge in [-0.25, -0.2) is 14.4 Å². The van der Waals surface area contributed by atoms with Gasteiger partial charge in [0.2, 0.25) is 17.7 Å². The number of carbonyl (C=O) groups excluding carboxylic acids is 3. The van der Waals surface area contributed by atoms with Crippen molar-refractivity contribution < 1.29 is 18.8 Å². The van der Waals surface area contributed by atoms with E-state index < -0.39 is 0 Å². The summed E-state index contributed by atoms with van der Waals surface area (Å²) in [5.74, 6) is 2.76. The fourth-order valence-electron chi connectivity index (χ4n) is 11.0. The van der Waals surface area contributed by atoms with Gasteiger partial charge >= 0.3 is 0 Å². The average Bonchev–Trinajstić information content (AvgIpc) is 3.60. The molecule has 0 aliphatic carbocycles. The van der Waals surface area contributed by atoms with Gasteiger partial charge < -0.3 is 24.9 Å². The minimum absolute atomic E-state index is 0.131. The van der Waals surface area contributed by atoms with Gasteiger partial charge in [-0.05, 0) is 131 Å². The van der Waals surface area contributed by atoms with Crippen molar-refractivity contribution in [3.8, 4) is 11.1 Å². The Balaban J connectivity index is 0.647. The first-order chi connectivity index (χ1) is 31.6. The lowest BCUT2D eigenvalue weighted by molar-refractivity contribution is -0.135. The molecule has 0 spiro atoms. The zero-order valence-corrected chi connectivity index (χ0v) is 37.6. The van der Waals surface area contributed by atoms with Crippen molar-refractivity contribution in [2.24, 2.45) is 11.8 Å². The Hall–Kier alpha value is -5.80. The third-order valence-electron chi connectivity index (χ3n) is 14.8.